The quantitative estimate of drug-likeness (QED) is 0.817. The molecule has 1 aromatic heterocycles. The van der Waals surface area contributed by atoms with Crippen LogP contribution >= 0.6 is 0 Å². The molecule has 0 unspecified atom stereocenters. The molecule has 1 amide bonds. The number of hydrogen-bond donors (Lipinski definition) is 1. The van der Waals surface area contributed by atoms with Crippen LogP contribution in [0.3, 0.4) is 0 Å². The van der Waals surface area contributed by atoms with Crippen molar-refractivity contribution in [1.82, 2.24) is 10.3 Å². The van der Waals surface area contributed by atoms with E-state index in [1.807, 2.05) is 19.1 Å². The van der Waals surface area contributed by atoms with Crippen LogP contribution < -0.4 is 5.32 Å². The third-order valence-electron chi connectivity index (χ3n) is 2.81. The number of hydrogen-bond acceptors (Lipinski definition) is 2. The molecule has 80 valence electrons. The molecule has 15 heavy (non-hydrogen) atoms. The maximum atomic E-state index is 11.8. The number of carbonyl (C=O) groups is 1. The summed E-state index contributed by atoms with van der Waals surface area (Å²) in [5, 5.41) is 2.98. The molecule has 1 heterocycles. The third kappa shape index (κ3) is 2.55. The molecule has 3 nitrogen and oxygen atoms in total. The summed E-state index contributed by atoms with van der Waals surface area (Å²) in [5.74, 6) is 0.622. The summed E-state index contributed by atoms with van der Waals surface area (Å²) in [6, 6.07) is 5.78. The molecular weight excluding hydrogens is 188 g/mol. The van der Waals surface area contributed by atoms with Gasteiger partial charge in [0.2, 0.25) is 0 Å². The molecule has 1 fully saturated rings. The highest BCUT2D eigenvalue weighted by Crippen LogP contribution is 2.32. The zero-order valence-corrected chi connectivity index (χ0v) is 9.16. The Hall–Kier alpha value is -1.38. The van der Waals surface area contributed by atoms with E-state index in [0.29, 0.717) is 11.6 Å². The topological polar surface area (TPSA) is 42.0 Å². The molecule has 0 saturated heterocycles. The predicted molar refractivity (Wildman–Crippen MR) is 58.6 cm³/mol. The summed E-state index contributed by atoms with van der Waals surface area (Å²) < 4.78 is 0. The summed E-state index contributed by atoms with van der Waals surface area (Å²) in [4.78, 5) is 16.0. The lowest BCUT2D eigenvalue weighted by Crippen LogP contribution is -2.34. The van der Waals surface area contributed by atoms with Gasteiger partial charge in [0.25, 0.3) is 5.91 Å². The van der Waals surface area contributed by atoms with Gasteiger partial charge in [-0.3, -0.25) is 4.79 Å². The van der Waals surface area contributed by atoms with Gasteiger partial charge in [-0.2, -0.15) is 0 Å². The zero-order chi connectivity index (χ0) is 10.8. The lowest BCUT2D eigenvalue weighted by Gasteiger charge is -2.12. The molecule has 0 bridgehead atoms. The minimum absolute atomic E-state index is 0.0573. The minimum atomic E-state index is -0.0573. The zero-order valence-electron chi connectivity index (χ0n) is 9.16. The summed E-state index contributed by atoms with van der Waals surface area (Å²) in [6.45, 7) is 3.95. The van der Waals surface area contributed by atoms with Crippen molar-refractivity contribution in [2.24, 2.45) is 5.92 Å². The molecular formula is C12H16N2O. The van der Waals surface area contributed by atoms with Crippen molar-refractivity contribution >= 4 is 5.91 Å². The van der Waals surface area contributed by atoms with Crippen LogP contribution in [-0.2, 0) is 0 Å². The third-order valence-corrected chi connectivity index (χ3v) is 2.81. The highest BCUT2D eigenvalue weighted by molar-refractivity contribution is 5.92. The van der Waals surface area contributed by atoms with Gasteiger partial charge in [0.1, 0.15) is 5.69 Å². The molecule has 1 N–H and O–H groups in total. The second kappa shape index (κ2) is 4.01. The first-order valence-corrected chi connectivity index (χ1v) is 5.41. The Kier molecular flexibility index (Phi) is 2.71. The van der Waals surface area contributed by atoms with Gasteiger partial charge in [0, 0.05) is 11.7 Å². The van der Waals surface area contributed by atoms with Crippen molar-refractivity contribution in [3.8, 4) is 0 Å². The molecule has 0 spiro atoms. The molecule has 0 aliphatic heterocycles. The SMILES string of the molecule is Cc1cccc(C(=O)N[C@H](C)C2CC2)n1. The number of nitrogens with zero attached hydrogens (tertiary/aromatic N) is 1. The number of pyridine rings is 1. The van der Waals surface area contributed by atoms with Gasteiger partial charge >= 0.3 is 0 Å². The minimum Gasteiger partial charge on any atom is -0.348 e. The van der Waals surface area contributed by atoms with Gasteiger partial charge in [-0.1, -0.05) is 6.07 Å². The van der Waals surface area contributed by atoms with E-state index in [2.05, 4.69) is 17.2 Å². The number of aromatic nitrogens is 1. The van der Waals surface area contributed by atoms with Crippen molar-refractivity contribution in [2.45, 2.75) is 32.7 Å². The van der Waals surface area contributed by atoms with Crippen LogP contribution in [0.1, 0.15) is 35.9 Å². The van der Waals surface area contributed by atoms with E-state index in [4.69, 9.17) is 0 Å². The van der Waals surface area contributed by atoms with E-state index in [9.17, 15) is 4.79 Å². The molecule has 1 saturated carbocycles. The first-order valence-electron chi connectivity index (χ1n) is 5.41. The van der Waals surface area contributed by atoms with Gasteiger partial charge in [-0.15, -0.1) is 0 Å². The van der Waals surface area contributed by atoms with Gasteiger partial charge in [-0.05, 0) is 44.7 Å². The average Bonchev–Trinajstić information content (AvgIpc) is 3.00. The Morgan fingerprint density at radius 3 is 2.87 bits per heavy atom. The largest absolute Gasteiger partial charge is 0.348 e. The number of carbonyl (C=O) groups excluding carboxylic acids is 1. The van der Waals surface area contributed by atoms with Crippen LogP contribution in [0.2, 0.25) is 0 Å². The predicted octanol–water partition coefficient (Wildman–Crippen LogP) is 1.92. The Bertz CT molecular complexity index is 372. The monoisotopic (exact) mass is 204 g/mol. The van der Waals surface area contributed by atoms with E-state index in [-0.39, 0.29) is 11.9 Å². The van der Waals surface area contributed by atoms with Crippen molar-refractivity contribution in [3.63, 3.8) is 0 Å². The van der Waals surface area contributed by atoms with Crippen LogP contribution in [0.25, 0.3) is 0 Å². The van der Waals surface area contributed by atoms with Crippen molar-refractivity contribution < 1.29 is 4.79 Å². The number of nitrogens with one attached hydrogen (secondary N) is 1. The molecule has 1 aromatic rings. The summed E-state index contributed by atoms with van der Waals surface area (Å²) in [7, 11) is 0. The average molecular weight is 204 g/mol. The standard InChI is InChI=1S/C12H16N2O/c1-8-4-3-5-11(13-8)12(15)14-9(2)10-6-7-10/h3-5,9-10H,6-7H2,1-2H3,(H,14,15)/t9-/m1/s1. The number of rotatable bonds is 3. The molecule has 2 rings (SSSR count). The van der Waals surface area contributed by atoms with Gasteiger partial charge in [0.15, 0.2) is 0 Å². The maximum absolute atomic E-state index is 11.8. The van der Waals surface area contributed by atoms with E-state index >= 15 is 0 Å². The van der Waals surface area contributed by atoms with Gasteiger partial charge in [0.05, 0.1) is 0 Å². The smallest absolute Gasteiger partial charge is 0.270 e. The van der Waals surface area contributed by atoms with E-state index < -0.39 is 0 Å². The molecule has 0 radical (unpaired) electrons. The fourth-order valence-electron chi connectivity index (χ4n) is 1.66. The molecule has 1 aliphatic carbocycles. The van der Waals surface area contributed by atoms with E-state index in [0.717, 1.165) is 5.69 Å². The van der Waals surface area contributed by atoms with E-state index in [1.54, 1.807) is 6.07 Å². The molecule has 1 atom stereocenters. The van der Waals surface area contributed by atoms with Crippen LogP contribution in [0.15, 0.2) is 18.2 Å². The van der Waals surface area contributed by atoms with E-state index in [1.165, 1.54) is 12.8 Å². The van der Waals surface area contributed by atoms with Gasteiger partial charge in [-0.25, -0.2) is 4.98 Å². The Morgan fingerprint density at radius 2 is 2.27 bits per heavy atom. The lowest BCUT2D eigenvalue weighted by atomic mass is 10.2. The summed E-state index contributed by atoms with van der Waals surface area (Å²) >= 11 is 0. The van der Waals surface area contributed by atoms with Crippen LogP contribution in [0, 0.1) is 12.8 Å². The number of amides is 1. The highest BCUT2D eigenvalue weighted by atomic mass is 16.1. The summed E-state index contributed by atoms with van der Waals surface area (Å²) in [5.41, 5.74) is 1.39. The molecule has 1 aliphatic rings. The van der Waals surface area contributed by atoms with Crippen molar-refractivity contribution in [1.29, 1.82) is 0 Å². The second-order valence-electron chi connectivity index (χ2n) is 4.26. The second-order valence-corrected chi connectivity index (χ2v) is 4.26. The van der Waals surface area contributed by atoms with Crippen LogP contribution in [0.4, 0.5) is 0 Å². The Labute approximate surface area is 89.9 Å². The van der Waals surface area contributed by atoms with Gasteiger partial charge < -0.3 is 5.32 Å². The molecule has 0 aromatic carbocycles. The number of aryl methyl sites for hydroxylation is 1. The van der Waals surface area contributed by atoms with Crippen molar-refractivity contribution in [3.05, 3.63) is 29.6 Å². The molecule has 3 heteroatoms. The van der Waals surface area contributed by atoms with Crippen LogP contribution in [0.5, 0.6) is 0 Å². The Morgan fingerprint density at radius 1 is 1.53 bits per heavy atom. The van der Waals surface area contributed by atoms with Crippen LogP contribution in [-0.4, -0.2) is 16.9 Å². The normalized spacial score (nSPS) is 17.2. The van der Waals surface area contributed by atoms with Crippen molar-refractivity contribution in [2.75, 3.05) is 0 Å². The lowest BCUT2D eigenvalue weighted by molar-refractivity contribution is 0.0930. The Balaban J connectivity index is 2.00. The maximum Gasteiger partial charge on any atom is 0.270 e. The fourth-order valence-corrected chi connectivity index (χ4v) is 1.66. The first-order chi connectivity index (χ1) is 7.16. The first kappa shape index (κ1) is 10.1. The summed E-state index contributed by atoms with van der Waals surface area (Å²) in [6.07, 6.45) is 2.48. The fraction of sp³-hybridized carbons (Fsp3) is 0.500. The highest BCUT2D eigenvalue weighted by Gasteiger charge is 2.29.